The molecule has 0 spiro atoms. The van der Waals surface area contributed by atoms with E-state index in [4.69, 9.17) is 0 Å². The van der Waals surface area contributed by atoms with Crippen molar-refractivity contribution in [1.82, 2.24) is 9.80 Å². The molecule has 0 aromatic carbocycles. The van der Waals surface area contributed by atoms with Gasteiger partial charge in [-0.05, 0) is 37.1 Å². The van der Waals surface area contributed by atoms with E-state index in [2.05, 4.69) is 13.8 Å². The van der Waals surface area contributed by atoms with Crippen LogP contribution in [0.1, 0.15) is 42.8 Å². The first kappa shape index (κ1) is 16.8. The maximum Gasteiger partial charge on any atom is 0.264 e. The van der Waals surface area contributed by atoms with Crippen LogP contribution in [-0.2, 0) is 4.79 Å². The molecule has 3 aliphatic rings. The van der Waals surface area contributed by atoms with Gasteiger partial charge in [0.15, 0.2) is 0 Å². The van der Waals surface area contributed by atoms with Gasteiger partial charge in [0.25, 0.3) is 5.91 Å². The minimum Gasteiger partial charge on any atom is -0.338 e. The molecule has 1 aromatic heterocycles. The highest BCUT2D eigenvalue weighted by Gasteiger charge is 2.41. The van der Waals surface area contributed by atoms with Crippen LogP contribution in [-0.4, -0.2) is 53.0 Å². The van der Waals surface area contributed by atoms with E-state index in [9.17, 15) is 9.59 Å². The number of nitrogens with zero attached hydrogens (tertiary/aromatic N) is 2. The molecule has 0 N–H and O–H groups in total. The van der Waals surface area contributed by atoms with Gasteiger partial charge >= 0.3 is 0 Å². The van der Waals surface area contributed by atoms with Gasteiger partial charge in [-0.2, -0.15) is 0 Å². The smallest absolute Gasteiger partial charge is 0.264 e. The quantitative estimate of drug-likeness (QED) is 0.763. The largest absolute Gasteiger partial charge is 0.338 e. The van der Waals surface area contributed by atoms with Gasteiger partial charge in [0.2, 0.25) is 5.91 Å². The molecule has 23 heavy (non-hydrogen) atoms. The van der Waals surface area contributed by atoms with Crippen molar-refractivity contribution in [2.24, 2.45) is 5.92 Å². The van der Waals surface area contributed by atoms with Crippen molar-refractivity contribution >= 4 is 34.9 Å². The molecule has 2 amide bonds. The minimum atomic E-state index is -0.00583. The van der Waals surface area contributed by atoms with Crippen LogP contribution in [0.3, 0.4) is 0 Å². The van der Waals surface area contributed by atoms with Crippen LogP contribution < -0.4 is 0 Å². The van der Waals surface area contributed by atoms with Gasteiger partial charge in [-0.1, -0.05) is 13.8 Å². The third-order valence-electron chi connectivity index (χ3n) is 4.62. The summed E-state index contributed by atoms with van der Waals surface area (Å²) in [6.07, 6.45) is 2.93. The highest BCUT2D eigenvalue weighted by atomic mass is 32.2. The Kier molecular flexibility index (Phi) is 5.31. The van der Waals surface area contributed by atoms with E-state index in [0.29, 0.717) is 13.1 Å². The van der Waals surface area contributed by atoms with Gasteiger partial charge in [0.05, 0.1) is 15.0 Å². The number of rotatable bonds is 5. The normalized spacial score (nSPS) is 24.2. The summed E-state index contributed by atoms with van der Waals surface area (Å²) < 4.78 is 1.19. The van der Waals surface area contributed by atoms with Gasteiger partial charge in [0, 0.05) is 25.7 Å². The summed E-state index contributed by atoms with van der Waals surface area (Å²) in [6, 6.07) is 4.17. The van der Waals surface area contributed by atoms with Crippen molar-refractivity contribution in [3.05, 3.63) is 17.0 Å². The Labute approximate surface area is 146 Å². The molecule has 2 bridgehead atoms. The fraction of sp³-hybridized carbons (Fsp3) is 0.647. The molecule has 0 unspecified atom stereocenters. The summed E-state index contributed by atoms with van der Waals surface area (Å²) in [5, 5.41) is 0. The first-order valence-corrected chi connectivity index (χ1v) is 10.3. The molecule has 3 saturated heterocycles. The Balaban J connectivity index is 1.76. The minimum absolute atomic E-state index is 0.00583. The molecular formula is C17H24N2O2S2. The van der Waals surface area contributed by atoms with E-state index in [0.717, 1.165) is 36.4 Å². The Morgan fingerprint density at radius 2 is 2.13 bits per heavy atom. The Bertz CT molecular complexity index is 587. The number of amides is 2. The molecule has 126 valence electrons. The van der Waals surface area contributed by atoms with Crippen LogP contribution in [0.4, 0.5) is 0 Å². The monoisotopic (exact) mass is 352 g/mol. The topological polar surface area (TPSA) is 40.6 Å². The van der Waals surface area contributed by atoms with E-state index in [1.807, 2.05) is 21.9 Å². The second-order valence-electron chi connectivity index (χ2n) is 6.22. The van der Waals surface area contributed by atoms with Crippen LogP contribution in [0.2, 0.25) is 0 Å². The van der Waals surface area contributed by atoms with E-state index >= 15 is 0 Å². The number of fused-ring (bicyclic) bond motifs is 4. The van der Waals surface area contributed by atoms with Gasteiger partial charge in [-0.15, -0.1) is 23.1 Å². The van der Waals surface area contributed by atoms with E-state index in [1.165, 1.54) is 4.21 Å². The van der Waals surface area contributed by atoms with E-state index in [-0.39, 0.29) is 23.8 Å². The molecule has 0 aliphatic carbocycles. The first-order valence-electron chi connectivity index (χ1n) is 8.46. The first-order chi connectivity index (χ1) is 11.1. The lowest BCUT2D eigenvalue weighted by Gasteiger charge is -2.35. The standard InChI is InChI=1S/C17H24N2O2S2/c1-3-9-19-13-6-5-12(16(19)20)10-18(11-13)17(21)14-7-8-15(23-14)22-4-2/h7-8,12-13H,3-6,9-11H2,1-2H3/t12-,13+/m1/s1. The van der Waals surface area contributed by atoms with Crippen LogP contribution in [0.15, 0.2) is 16.3 Å². The number of hydrogen-bond acceptors (Lipinski definition) is 4. The molecule has 0 saturated carbocycles. The lowest BCUT2D eigenvalue weighted by Crippen LogP contribution is -2.48. The van der Waals surface area contributed by atoms with Gasteiger partial charge in [-0.3, -0.25) is 9.59 Å². The zero-order valence-electron chi connectivity index (χ0n) is 13.8. The lowest BCUT2D eigenvalue weighted by molar-refractivity contribution is -0.139. The van der Waals surface area contributed by atoms with Gasteiger partial charge in [-0.25, -0.2) is 0 Å². The fourth-order valence-electron chi connectivity index (χ4n) is 3.55. The predicted molar refractivity (Wildman–Crippen MR) is 95.1 cm³/mol. The summed E-state index contributed by atoms with van der Waals surface area (Å²) in [5.41, 5.74) is 0. The lowest BCUT2D eigenvalue weighted by atomic mass is 9.94. The van der Waals surface area contributed by atoms with Gasteiger partial charge in [0.1, 0.15) is 0 Å². The summed E-state index contributed by atoms with van der Waals surface area (Å²) >= 11 is 3.34. The molecule has 4 nitrogen and oxygen atoms in total. The van der Waals surface area contributed by atoms with Crippen LogP contribution >= 0.6 is 23.1 Å². The maximum absolute atomic E-state index is 12.9. The summed E-state index contributed by atoms with van der Waals surface area (Å²) in [7, 11) is 0. The molecule has 6 heteroatoms. The molecule has 2 atom stereocenters. The van der Waals surface area contributed by atoms with Crippen molar-refractivity contribution in [2.75, 3.05) is 25.4 Å². The van der Waals surface area contributed by atoms with Crippen molar-refractivity contribution in [3.63, 3.8) is 0 Å². The fourth-order valence-corrected chi connectivity index (χ4v) is 5.56. The molecule has 3 aliphatic heterocycles. The number of hydrogen-bond donors (Lipinski definition) is 0. The Morgan fingerprint density at radius 1 is 1.30 bits per heavy atom. The molecule has 4 rings (SSSR count). The Hall–Kier alpha value is -1.01. The summed E-state index contributed by atoms with van der Waals surface area (Å²) in [4.78, 5) is 30.2. The zero-order chi connectivity index (χ0) is 16.4. The van der Waals surface area contributed by atoms with Crippen molar-refractivity contribution in [2.45, 2.75) is 43.4 Å². The molecule has 3 fully saturated rings. The van der Waals surface area contributed by atoms with Gasteiger partial charge < -0.3 is 9.80 Å². The van der Waals surface area contributed by atoms with Crippen LogP contribution in [0, 0.1) is 5.92 Å². The van der Waals surface area contributed by atoms with Crippen LogP contribution in [0.5, 0.6) is 0 Å². The van der Waals surface area contributed by atoms with Crippen molar-refractivity contribution in [3.8, 4) is 0 Å². The second-order valence-corrected chi connectivity index (χ2v) is 8.87. The number of thioether (sulfide) groups is 1. The summed E-state index contributed by atoms with van der Waals surface area (Å²) in [5.74, 6) is 1.36. The number of carbonyl (C=O) groups excluding carboxylic acids is 2. The van der Waals surface area contributed by atoms with Crippen molar-refractivity contribution < 1.29 is 9.59 Å². The third-order valence-corrected chi connectivity index (χ3v) is 6.80. The summed E-state index contributed by atoms with van der Waals surface area (Å²) in [6.45, 7) is 6.32. The van der Waals surface area contributed by atoms with Crippen molar-refractivity contribution in [1.29, 1.82) is 0 Å². The average molecular weight is 353 g/mol. The molecule has 1 aromatic rings. The maximum atomic E-state index is 12.9. The van der Waals surface area contributed by atoms with E-state index < -0.39 is 0 Å². The predicted octanol–water partition coefficient (Wildman–Crippen LogP) is 3.33. The number of piperidine rings is 1. The molecular weight excluding hydrogens is 328 g/mol. The highest BCUT2D eigenvalue weighted by Crippen LogP contribution is 2.32. The molecule has 0 radical (unpaired) electrons. The Morgan fingerprint density at radius 3 is 2.87 bits per heavy atom. The third kappa shape index (κ3) is 3.43. The average Bonchev–Trinajstić information content (AvgIpc) is 2.84. The van der Waals surface area contributed by atoms with E-state index in [1.54, 1.807) is 23.1 Å². The second kappa shape index (κ2) is 7.26. The van der Waals surface area contributed by atoms with Crippen LogP contribution in [0.25, 0.3) is 0 Å². The number of carbonyl (C=O) groups is 2. The zero-order valence-corrected chi connectivity index (χ0v) is 15.4. The highest BCUT2D eigenvalue weighted by molar-refractivity contribution is 8.01. The molecule has 4 heterocycles. The SMILES string of the molecule is CCCN1C(=O)[C@@H]2CC[C@H]1CN(C(=O)c1ccc(SCC)s1)C2. The number of thiophene rings is 1.